The summed E-state index contributed by atoms with van der Waals surface area (Å²) in [5, 5.41) is 8.56. The maximum absolute atomic E-state index is 12.6. The Labute approximate surface area is 163 Å². The minimum atomic E-state index is -3.64. The molecule has 26 heavy (non-hydrogen) atoms. The van der Waals surface area contributed by atoms with Crippen LogP contribution in [0.15, 0.2) is 36.4 Å². The molecule has 3 N–H and O–H groups in total. The molecule has 1 amide bonds. The van der Waals surface area contributed by atoms with E-state index in [-0.39, 0.29) is 11.7 Å². The number of hydrogen-bond acceptors (Lipinski definition) is 6. The van der Waals surface area contributed by atoms with Crippen molar-refractivity contribution >= 4 is 55.9 Å². The number of rotatable bonds is 5. The number of nitrogens with two attached hydrogens (primary N) is 1. The van der Waals surface area contributed by atoms with E-state index in [2.05, 4.69) is 10.3 Å². The van der Waals surface area contributed by atoms with Gasteiger partial charge in [-0.2, -0.15) is 0 Å². The molecule has 2 aromatic heterocycles. The second kappa shape index (κ2) is 7.45. The molecule has 1 aromatic carbocycles. The molecule has 0 spiro atoms. The van der Waals surface area contributed by atoms with Crippen molar-refractivity contribution in [2.24, 2.45) is 5.14 Å². The van der Waals surface area contributed by atoms with Crippen LogP contribution in [-0.4, -0.2) is 19.3 Å². The molecule has 6 nitrogen and oxygen atoms in total. The van der Waals surface area contributed by atoms with Crippen molar-refractivity contribution in [3.05, 3.63) is 56.9 Å². The van der Waals surface area contributed by atoms with Crippen LogP contribution in [0, 0.1) is 6.92 Å². The fraction of sp³-hybridized carbons (Fsp3) is 0.125. The van der Waals surface area contributed by atoms with Gasteiger partial charge in [-0.05, 0) is 36.8 Å². The number of primary sulfonamides is 1. The number of aryl methyl sites for hydroxylation is 1. The van der Waals surface area contributed by atoms with Crippen molar-refractivity contribution in [2.45, 2.75) is 12.7 Å². The monoisotopic (exact) mass is 427 g/mol. The lowest BCUT2D eigenvalue weighted by atomic mass is 10.2. The molecule has 0 saturated carbocycles. The average Bonchev–Trinajstić information content (AvgIpc) is 3.12. The number of thiazole rings is 1. The average molecular weight is 428 g/mol. The molecule has 10 heteroatoms. The van der Waals surface area contributed by atoms with Gasteiger partial charge in [0, 0.05) is 5.69 Å². The summed E-state index contributed by atoms with van der Waals surface area (Å²) < 4.78 is 23.1. The van der Waals surface area contributed by atoms with Gasteiger partial charge < -0.3 is 5.32 Å². The molecule has 3 aromatic rings. The van der Waals surface area contributed by atoms with E-state index in [4.69, 9.17) is 16.7 Å². The van der Waals surface area contributed by atoms with Gasteiger partial charge in [0.05, 0.1) is 20.7 Å². The van der Waals surface area contributed by atoms with E-state index in [9.17, 15) is 13.2 Å². The maximum Gasteiger partial charge on any atom is 0.267 e. The molecule has 0 bridgehead atoms. The van der Waals surface area contributed by atoms with E-state index < -0.39 is 10.0 Å². The SMILES string of the molecule is Cc1nc(-c2ccc(Cl)s2)sc1C(=O)Nc1cccc(CS(N)(=O)=O)c1. The quantitative estimate of drug-likeness (QED) is 0.645. The first kappa shape index (κ1) is 19.0. The van der Waals surface area contributed by atoms with Gasteiger partial charge in [0.1, 0.15) is 9.88 Å². The summed E-state index contributed by atoms with van der Waals surface area (Å²) in [6.07, 6.45) is 0. The Hall–Kier alpha value is -1.78. The van der Waals surface area contributed by atoms with Crippen molar-refractivity contribution in [1.29, 1.82) is 0 Å². The summed E-state index contributed by atoms with van der Waals surface area (Å²) in [6.45, 7) is 1.77. The van der Waals surface area contributed by atoms with Gasteiger partial charge in [0.2, 0.25) is 10.0 Å². The number of carbonyl (C=O) groups is 1. The topological polar surface area (TPSA) is 102 Å². The molecule has 136 valence electrons. The van der Waals surface area contributed by atoms with Gasteiger partial charge in [-0.25, -0.2) is 18.5 Å². The Balaban J connectivity index is 1.80. The number of carbonyl (C=O) groups excluding carboxylic acids is 1. The summed E-state index contributed by atoms with van der Waals surface area (Å²) in [5.74, 6) is -0.596. The van der Waals surface area contributed by atoms with Crippen LogP contribution < -0.4 is 10.5 Å². The van der Waals surface area contributed by atoms with Crippen LogP contribution >= 0.6 is 34.3 Å². The van der Waals surface area contributed by atoms with Gasteiger partial charge in [-0.3, -0.25) is 4.79 Å². The molecule has 0 unspecified atom stereocenters. The molecule has 0 aliphatic heterocycles. The third-order valence-corrected chi connectivity index (χ3v) is 6.63. The Kier molecular flexibility index (Phi) is 5.44. The van der Waals surface area contributed by atoms with Crippen LogP contribution in [0.5, 0.6) is 0 Å². The molecule has 0 fully saturated rings. The number of amides is 1. The standard InChI is InChI=1S/C16H14ClN3O3S3/c1-9-14(25-16(19-9)12-5-6-13(17)24-12)15(21)20-11-4-2-3-10(7-11)8-26(18,22)23/h2-7H,8H2,1H3,(H,20,21)(H2,18,22,23). The Morgan fingerprint density at radius 3 is 2.69 bits per heavy atom. The summed E-state index contributed by atoms with van der Waals surface area (Å²) in [5.41, 5.74) is 1.61. The van der Waals surface area contributed by atoms with Crippen molar-refractivity contribution in [3.63, 3.8) is 0 Å². The lowest BCUT2D eigenvalue weighted by molar-refractivity contribution is 0.103. The van der Waals surface area contributed by atoms with Crippen LogP contribution in [0.25, 0.3) is 9.88 Å². The predicted molar refractivity (Wildman–Crippen MR) is 106 cm³/mol. The van der Waals surface area contributed by atoms with Crippen LogP contribution in [0.3, 0.4) is 0 Å². The largest absolute Gasteiger partial charge is 0.321 e. The molecule has 0 saturated heterocycles. The summed E-state index contributed by atoms with van der Waals surface area (Å²) in [7, 11) is -3.64. The fourth-order valence-electron chi connectivity index (χ4n) is 2.30. The number of nitrogens with zero attached hydrogens (tertiary/aromatic N) is 1. The number of nitrogens with one attached hydrogen (secondary N) is 1. The lowest BCUT2D eigenvalue weighted by Crippen LogP contribution is -2.15. The smallest absolute Gasteiger partial charge is 0.267 e. The van der Waals surface area contributed by atoms with E-state index in [1.807, 2.05) is 6.07 Å². The first-order valence-electron chi connectivity index (χ1n) is 7.35. The van der Waals surface area contributed by atoms with Crippen molar-refractivity contribution in [2.75, 3.05) is 5.32 Å². The molecular weight excluding hydrogens is 414 g/mol. The van der Waals surface area contributed by atoms with Gasteiger partial charge in [0.25, 0.3) is 5.91 Å². The highest BCUT2D eigenvalue weighted by atomic mass is 35.5. The molecular formula is C16H14ClN3O3S3. The lowest BCUT2D eigenvalue weighted by Gasteiger charge is -2.06. The minimum Gasteiger partial charge on any atom is -0.321 e. The Morgan fingerprint density at radius 2 is 2.04 bits per heavy atom. The van der Waals surface area contributed by atoms with Crippen LogP contribution in [-0.2, 0) is 15.8 Å². The van der Waals surface area contributed by atoms with Crippen molar-refractivity contribution in [3.8, 4) is 9.88 Å². The highest BCUT2D eigenvalue weighted by Gasteiger charge is 2.17. The summed E-state index contributed by atoms with van der Waals surface area (Å²) in [6, 6.07) is 10.2. The van der Waals surface area contributed by atoms with Crippen molar-refractivity contribution < 1.29 is 13.2 Å². The van der Waals surface area contributed by atoms with E-state index in [0.717, 1.165) is 9.88 Å². The number of sulfonamides is 1. The zero-order chi connectivity index (χ0) is 18.9. The molecule has 0 aliphatic rings. The zero-order valence-corrected chi connectivity index (χ0v) is 16.7. The molecule has 0 radical (unpaired) electrons. The highest BCUT2D eigenvalue weighted by Crippen LogP contribution is 2.35. The predicted octanol–water partition coefficient (Wildman–Crippen LogP) is 3.87. The van der Waals surface area contributed by atoms with Gasteiger partial charge >= 0.3 is 0 Å². The highest BCUT2D eigenvalue weighted by molar-refractivity contribution is 7.88. The molecule has 0 aliphatic carbocycles. The first-order chi connectivity index (χ1) is 12.2. The van der Waals surface area contributed by atoms with Gasteiger partial charge in [0.15, 0.2) is 0 Å². The number of thiophene rings is 1. The second-order valence-electron chi connectivity index (χ2n) is 5.50. The first-order valence-corrected chi connectivity index (χ1v) is 11.1. The van der Waals surface area contributed by atoms with Crippen LogP contribution in [0.4, 0.5) is 5.69 Å². The van der Waals surface area contributed by atoms with E-state index in [1.165, 1.54) is 22.7 Å². The number of hydrogen-bond donors (Lipinski definition) is 2. The molecule has 2 heterocycles. The number of halogens is 1. The fourth-order valence-corrected chi connectivity index (χ4v) is 5.00. The number of aromatic nitrogens is 1. The summed E-state index contributed by atoms with van der Waals surface area (Å²) >= 11 is 8.63. The van der Waals surface area contributed by atoms with Crippen LogP contribution in [0.1, 0.15) is 20.9 Å². The van der Waals surface area contributed by atoms with E-state index in [0.29, 0.717) is 26.2 Å². The third kappa shape index (κ3) is 4.68. The van der Waals surface area contributed by atoms with Crippen molar-refractivity contribution in [1.82, 2.24) is 4.98 Å². The van der Waals surface area contributed by atoms with Gasteiger partial charge in [-0.15, -0.1) is 22.7 Å². The Bertz CT molecular complexity index is 1070. The Morgan fingerprint density at radius 1 is 1.27 bits per heavy atom. The normalized spacial score (nSPS) is 11.5. The summed E-state index contributed by atoms with van der Waals surface area (Å²) in [4.78, 5) is 18.4. The third-order valence-electron chi connectivity index (χ3n) is 3.34. The molecule has 3 rings (SSSR count). The van der Waals surface area contributed by atoms with Gasteiger partial charge in [-0.1, -0.05) is 23.7 Å². The zero-order valence-electron chi connectivity index (χ0n) is 13.5. The number of benzene rings is 1. The maximum atomic E-state index is 12.6. The second-order valence-corrected chi connectivity index (χ2v) is 9.83. The van der Waals surface area contributed by atoms with E-state index >= 15 is 0 Å². The number of anilines is 1. The van der Waals surface area contributed by atoms with E-state index in [1.54, 1.807) is 37.3 Å². The molecule has 0 atom stereocenters. The van der Waals surface area contributed by atoms with Crippen LogP contribution in [0.2, 0.25) is 4.34 Å². The minimum absolute atomic E-state index is 0.292.